The summed E-state index contributed by atoms with van der Waals surface area (Å²) >= 11 is 0. The van der Waals surface area contributed by atoms with E-state index in [-0.39, 0.29) is 0 Å². The maximum atomic E-state index is 5.32. The fourth-order valence-electron chi connectivity index (χ4n) is 0.770. The molecule has 0 radical (unpaired) electrons. The Morgan fingerprint density at radius 2 is 2.17 bits per heavy atom. The number of hydrogen-bond acceptors (Lipinski definition) is 2. The van der Waals surface area contributed by atoms with E-state index in [0.29, 0.717) is 6.61 Å². The summed E-state index contributed by atoms with van der Waals surface area (Å²) in [6, 6.07) is 0. The Balaban J connectivity index is 3.36. The molecule has 0 saturated carbocycles. The lowest BCUT2D eigenvalue weighted by Gasteiger charge is -2.12. The average molecular weight is 167 g/mol. The van der Waals surface area contributed by atoms with Crippen molar-refractivity contribution in [2.45, 2.75) is 13.3 Å². The normalized spacial score (nSPS) is 9.00. The minimum Gasteiger partial charge on any atom is -0.496 e. The van der Waals surface area contributed by atoms with Gasteiger partial charge in [0, 0.05) is 6.42 Å². The third kappa shape index (κ3) is 7.17. The first-order chi connectivity index (χ1) is 5.66. The first-order valence-electron chi connectivity index (χ1n) is 4.01. The summed E-state index contributed by atoms with van der Waals surface area (Å²) in [7, 11) is 3.97. The maximum Gasteiger partial charge on any atom is 0.103 e. The van der Waals surface area contributed by atoms with Gasteiger partial charge in [0.15, 0.2) is 0 Å². The fourth-order valence-corrected chi connectivity index (χ4v) is 0.770. The molecule has 0 fully saturated rings. The molecule has 0 aliphatic carbocycles. The minimum absolute atomic E-state index is 0.646. The monoisotopic (exact) mass is 167 g/mol. The smallest absolute Gasteiger partial charge is 0.103 e. The Morgan fingerprint density at radius 3 is 2.67 bits per heavy atom. The van der Waals surface area contributed by atoms with Crippen LogP contribution in [0.1, 0.15) is 13.3 Å². The number of nitrogens with zero attached hydrogens (tertiary/aromatic N) is 1. The van der Waals surface area contributed by atoms with Crippen LogP contribution in [0.2, 0.25) is 0 Å². The van der Waals surface area contributed by atoms with E-state index >= 15 is 0 Å². The van der Waals surface area contributed by atoms with E-state index in [4.69, 9.17) is 4.74 Å². The Bertz CT molecular complexity index is 186. The van der Waals surface area contributed by atoms with Gasteiger partial charge in [-0.2, -0.15) is 0 Å². The molecule has 0 saturated heterocycles. The van der Waals surface area contributed by atoms with Crippen molar-refractivity contribution in [2.24, 2.45) is 0 Å². The van der Waals surface area contributed by atoms with Crippen LogP contribution in [0.4, 0.5) is 0 Å². The fraction of sp³-hybridized carbons (Fsp3) is 0.600. The van der Waals surface area contributed by atoms with Crippen LogP contribution in [0.3, 0.4) is 0 Å². The highest BCUT2D eigenvalue weighted by Crippen LogP contribution is 1.95. The summed E-state index contributed by atoms with van der Waals surface area (Å²) in [4.78, 5) is 2.02. The maximum absolute atomic E-state index is 5.32. The second-order valence-corrected chi connectivity index (χ2v) is 2.80. The van der Waals surface area contributed by atoms with E-state index in [1.807, 2.05) is 25.9 Å². The Labute approximate surface area is 75.2 Å². The van der Waals surface area contributed by atoms with Crippen LogP contribution in [-0.4, -0.2) is 32.1 Å². The molecule has 0 amide bonds. The highest BCUT2D eigenvalue weighted by Gasteiger charge is 1.95. The molecule has 0 atom stereocenters. The lowest BCUT2D eigenvalue weighted by atomic mass is 10.4. The van der Waals surface area contributed by atoms with Crippen molar-refractivity contribution in [1.29, 1.82) is 0 Å². The molecule has 0 N–H and O–H groups in total. The molecule has 12 heavy (non-hydrogen) atoms. The molecule has 68 valence electrons. The Hall–Kier alpha value is -0.940. The van der Waals surface area contributed by atoms with E-state index in [1.54, 1.807) is 0 Å². The third-order valence-corrected chi connectivity index (χ3v) is 1.20. The Kier molecular flexibility index (Phi) is 6.22. The first kappa shape index (κ1) is 11.1. The van der Waals surface area contributed by atoms with Gasteiger partial charge in [0.25, 0.3) is 0 Å². The van der Waals surface area contributed by atoms with Gasteiger partial charge in [-0.25, -0.2) is 0 Å². The molecule has 0 aliphatic rings. The van der Waals surface area contributed by atoms with Gasteiger partial charge in [-0.3, -0.25) is 0 Å². The molecule has 0 unspecified atom stereocenters. The van der Waals surface area contributed by atoms with Crippen molar-refractivity contribution in [3.63, 3.8) is 0 Å². The van der Waals surface area contributed by atoms with Crippen LogP contribution in [0, 0.1) is 11.8 Å². The summed E-state index contributed by atoms with van der Waals surface area (Å²) in [5.74, 6) is 6.54. The molecule has 0 aromatic rings. The van der Waals surface area contributed by atoms with E-state index in [2.05, 4.69) is 18.4 Å². The second-order valence-electron chi connectivity index (χ2n) is 2.80. The zero-order valence-electron chi connectivity index (χ0n) is 8.18. The standard InChI is InChI=1S/C10H17NO/c1-5-6-7-8-12-10(2)9-11(3)4/h2,7-9H2,1,3-4H3. The first-order valence-corrected chi connectivity index (χ1v) is 4.01. The average Bonchev–Trinajstić information content (AvgIpc) is 1.97. The van der Waals surface area contributed by atoms with Crippen LogP contribution >= 0.6 is 0 Å². The quantitative estimate of drug-likeness (QED) is 0.349. The van der Waals surface area contributed by atoms with Crippen LogP contribution in [0.5, 0.6) is 0 Å². The van der Waals surface area contributed by atoms with Gasteiger partial charge in [-0.05, 0) is 21.0 Å². The predicted octanol–water partition coefficient (Wildman–Crippen LogP) is 1.49. The summed E-state index contributed by atoms with van der Waals surface area (Å²) in [6.45, 7) is 7.03. The van der Waals surface area contributed by atoms with E-state index < -0.39 is 0 Å². The molecule has 0 aromatic heterocycles. The van der Waals surface area contributed by atoms with Crippen molar-refractivity contribution in [3.05, 3.63) is 12.3 Å². The molecule has 0 bridgehead atoms. The van der Waals surface area contributed by atoms with Gasteiger partial charge in [-0.15, -0.1) is 11.8 Å². The van der Waals surface area contributed by atoms with Gasteiger partial charge < -0.3 is 9.64 Å². The number of rotatable bonds is 5. The summed E-state index contributed by atoms with van der Waals surface area (Å²) < 4.78 is 5.32. The topological polar surface area (TPSA) is 12.5 Å². The van der Waals surface area contributed by atoms with Crippen molar-refractivity contribution in [2.75, 3.05) is 27.2 Å². The van der Waals surface area contributed by atoms with Crippen molar-refractivity contribution < 1.29 is 4.74 Å². The molecule has 0 spiro atoms. The highest BCUT2D eigenvalue weighted by atomic mass is 16.5. The zero-order valence-corrected chi connectivity index (χ0v) is 8.18. The summed E-state index contributed by atoms with van der Waals surface area (Å²) in [6.07, 6.45) is 0.781. The largest absolute Gasteiger partial charge is 0.496 e. The predicted molar refractivity (Wildman–Crippen MR) is 51.7 cm³/mol. The molecule has 0 rings (SSSR count). The summed E-state index contributed by atoms with van der Waals surface area (Å²) in [5, 5.41) is 0. The number of likely N-dealkylation sites (N-methyl/N-ethyl adjacent to an activating group) is 1. The highest BCUT2D eigenvalue weighted by molar-refractivity contribution is 4.95. The van der Waals surface area contributed by atoms with E-state index in [0.717, 1.165) is 18.7 Å². The van der Waals surface area contributed by atoms with Crippen LogP contribution < -0.4 is 0 Å². The molecule has 0 heterocycles. The van der Waals surface area contributed by atoms with Crippen molar-refractivity contribution >= 4 is 0 Å². The molecule has 0 aliphatic heterocycles. The molecule has 2 nitrogen and oxygen atoms in total. The van der Waals surface area contributed by atoms with E-state index in [1.165, 1.54) is 0 Å². The molecule has 2 heteroatoms. The lowest BCUT2D eigenvalue weighted by Crippen LogP contribution is -2.16. The Morgan fingerprint density at radius 1 is 1.50 bits per heavy atom. The minimum atomic E-state index is 0.646. The number of ether oxygens (including phenoxy) is 1. The summed E-state index contributed by atoms with van der Waals surface area (Å²) in [5.41, 5.74) is 0. The van der Waals surface area contributed by atoms with Gasteiger partial charge in [0.2, 0.25) is 0 Å². The van der Waals surface area contributed by atoms with Crippen LogP contribution in [0.25, 0.3) is 0 Å². The van der Waals surface area contributed by atoms with Crippen LogP contribution in [-0.2, 0) is 4.74 Å². The number of hydrogen-bond donors (Lipinski definition) is 0. The molecule has 0 aromatic carbocycles. The van der Waals surface area contributed by atoms with E-state index in [9.17, 15) is 0 Å². The molecular formula is C10H17NO. The van der Waals surface area contributed by atoms with Gasteiger partial charge in [0.05, 0.1) is 13.2 Å². The SMILES string of the molecule is C=C(CN(C)C)OCCC#CC. The van der Waals surface area contributed by atoms with Gasteiger partial charge in [0.1, 0.15) is 5.76 Å². The second kappa shape index (κ2) is 6.75. The zero-order chi connectivity index (χ0) is 9.40. The van der Waals surface area contributed by atoms with Crippen molar-refractivity contribution in [3.8, 4) is 11.8 Å². The van der Waals surface area contributed by atoms with Crippen LogP contribution in [0.15, 0.2) is 12.3 Å². The van der Waals surface area contributed by atoms with Gasteiger partial charge in [-0.1, -0.05) is 6.58 Å². The molecular weight excluding hydrogens is 150 g/mol. The lowest BCUT2D eigenvalue weighted by molar-refractivity contribution is 0.195. The van der Waals surface area contributed by atoms with Gasteiger partial charge >= 0.3 is 0 Å². The third-order valence-electron chi connectivity index (χ3n) is 1.20. The van der Waals surface area contributed by atoms with Crippen molar-refractivity contribution in [1.82, 2.24) is 4.90 Å².